The molecule has 4 nitrogen and oxygen atoms in total. The number of nitrogens with one attached hydrogen (secondary N) is 1. The average Bonchev–Trinajstić information content (AvgIpc) is 2.16. The van der Waals surface area contributed by atoms with Crippen molar-refractivity contribution < 1.29 is 4.79 Å². The topological polar surface area (TPSA) is 68.0 Å². The molecular formula is C10H15N3O. The Balaban J connectivity index is 2.46. The normalized spacial score (nSPS) is 12.2. The Morgan fingerprint density at radius 1 is 1.64 bits per heavy atom. The molecule has 1 heterocycles. The molecule has 0 saturated heterocycles. The fourth-order valence-electron chi connectivity index (χ4n) is 0.953. The van der Waals surface area contributed by atoms with E-state index in [4.69, 9.17) is 5.73 Å². The lowest BCUT2D eigenvalue weighted by Crippen LogP contribution is -2.37. The minimum absolute atomic E-state index is 0.148. The first-order valence-corrected chi connectivity index (χ1v) is 4.54. The van der Waals surface area contributed by atoms with Crippen molar-refractivity contribution in [2.24, 2.45) is 5.73 Å². The molecule has 1 aromatic heterocycles. The zero-order valence-corrected chi connectivity index (χ0v) is 8.45. The van der Waals surface area contributed by atoms with Crippen molar-refractivity contribution in [1.82, 2.24) is 10.3 Å². The van der Waals surface area contributed by atoms with Crippen molar-refractivity contribution in [2.75, 3.05) is 0 Å². The summed E-state index contributed by atoms with van der Waals surface area (Å²) in [5.74, 6) is -0.148. The lowest BCUT2D eigenvalue weighted by atomic mass is 10.2. The van der Waals surface area contributed by atoms with Gasteiger partial charge in [-0.15, -0.1) is 0 Å². The molecule has 76 valence electrons. The van der Waals surface area contributed by atoms with Crippen molar-refractivity contribution in [1.29, 1.82) is 0 Å². The number of rotatable bonds is 3. The van der Waals surface area contributed by atoms with Crippen LogP contribution in [0.2, 0.25) is 0 Å². The first kappa shape index (κ1) is 10.7. The molecule has 0 bridgehead atoms. The van der Waals surface area contributed by atoms with Gasteiger partial charge in [-0.05, 0) is 25.5 Å². The van der Waals surface area contributed by atoms with Gasteiger partial charge in [-0.1, -0.05) is 6.07 Å². The smallest absolute Gasteiger partial charge is 0.236 e. The Labute approximate surface area is 83.5 Å². The number of hydrogen-bond donors (Lipinski definition) is 2. The molecule has 14 heavy (non-hydrogen) atoms. The molecule has 0 aliphatic carbocycles. The standard InChI is InChI=1S/C10H15N3O/c1-7-3-4-9(5-12-7)6-13-10(14)8(2)11/h3-5,8H,6,11H2,1-2H3,(H,13,14). The summed E-state index contributed by atoms with van der Waals surface area (Å²) < 4.78 is 0. The number of hydrogen-bond acceptors (Lipinski definition) is 3. The molecule has 4 heteroatoms. The number of carbonyl (C=O) groups excluding carboxylic acids is 1. The second-order valence-corrected chi connectivity index (χ2v) is 3.31. The Kier molecular flexibility index (Phi) is 3.59. The molecule has 0 aliphatic heterocycles. The summed E-state index contributed by atoms with van der Waals surface area (Å²) in [6.45, 7) is 4.06. The van der Waals surface area contributed by atoms with Crippen LogP contribution in [0.15, 0.2) is 18.3 Å². The second-order valence-electron chi connectivity index (χ2n) is 3.31. The van der Waals surface area contributed by atoms with Gasteiger partial charge in [0.05, 0.1) is 6.04 Å². The second kappa shape index (κ2) is 4.72. The molecule has 0 aliphatic rings. The van der Waals surface area contributed by atoms with Crippen molar-refractivity contribution >= 4 is 5.91 Å². The largest absolute Gasteiger partial charge is 0.351 e. The van der Waals surface area contributed by atoms with Crippen LogP contribution in [0, 0.1) is 6.92 Å². The van der Waals surface area contributed by atoms with E-state index in [0.717, 1.165) is 11.3 Å². The van der Waals surface area contributed by atoms with E-state index in [1.807, 2.05) is 19.1 Å². The molecule has 1 amide bonds. The molecule has 1 atom stereocenters. The quantitative estimate of drug-likeness (QED) is 0.728. The van der Waals surface area contributed by atoms with Crippen LogP contribution < -0.4 is 11.1 Å². The van der Waals surface area contributed by atoms with Gasteiger partial charge in [-0.25, -0.2) is 0 Å². The van der Waals surface area contributed by atoms with Crippen molar-refractivity contribution in [3.8, 4) is 0 Å². The van der Waals surface area contributed by atoms with E-state index in [2.05, 4.69) is 10.3 Å². The SMILES string of the molecule is Cc1ccc(CNC(=O)C(C)N)cn1. The fourth-order valence-corrected chi connectivity index (χ4v) is 0.953. The van der Waals surface area contributed by atoms with Gasteiger partial charge in [0.1, 0.15) is 0 Å². The highest BCUT2D eigenvalue weighted by Gasteiger charge is 2.05. The van der Waals surface area contributed by atoms with Crippen molar-refractivity contribution in [3.63, 3.8) is 0 Å². The molecule has 1 aromatic rings. The highest BCUT2D eigenvalue weighted by Crippen LogP contribution is 1.98. The number of nitrogens with zero attached hydrogens (tertiary/aromatic N) is 1. The van der Waals surface area contributed by atoms with Gasteiger partial charge in [-0.3, -0.25) is 9.78 Å². The molecule has 0 saturated carbocycles. The Morgan fingerprint density at radius 2 is 2.36 bits per heavy atom. The molecule has 1 unspecified atom stereocenters. The van der Waals surface area contributed by atoms with Gasteiger partial charge in [0, 0.05) is 18.4 Å². The number of amides is 1. The van der Waals surface area contributed by atoms with Crippen LogP contribution in [0.5, 0.6) is 0 Å². The zero-order valence-electron chi connectivity index (χ0n) is 8.45. The average molecular weight is 193 g/mol. The molecule has 3 N–H and O–H groups in total. The van der Waals surface area contributed by atoms with Crippen molar-refractivity contribution in [2.45, 2.75) is 26.4 Å². The summed E-state index contributed by atoms with van der Waals surface area (Å²) in [4.78, 5) is 15.2. The summed E-state index contributed by atoms with van der Waals surface area (Å²) in [6, 6.07) is 3.38. The van der Waals surface area contributed by atoms with Gasteiger partial charge < -0.3 is 11.1 Å². The lowest BCUT2D eigenvalue weighted by Gasteiger charge is -2.07. The van der Waals surface area contributed by atoms with E-state index in [1.54, 1.807) is 13.1 Å². The summed E-state index contributed by atoms with van der Waals surface area (Å²) in [6.07, 6.45) is 1.75. The highest BCUT2D eigenvalue weighted by atomic mass is 16.2. The predicted molar refractivity (Wildman–Crippen MR) is 54.5 cm³/mol. The van der Waals surface area contributed by atoms with Crippen LogP contribution in [0.25, 0.3) is 0 Å². The van der Waals surface area contributed by atoms with E-state index in [9.17, 15) is 4.79 Å². The van der Waals surface area contributed by atoms with Gasteiger partial charge in [0.25, 0.3) is 0 Å². The van der Waals surface area contributed by atoms with Crippen LogP contribution in [0.4, 0.5) is 0 Å². The summed E-state index contributed by atoms with van der Waals surface area (Å²) >= 11 is 0. The predicted octanol–water partition coefficient (Wildman–Crippen LogP) is 0.353. The van der Waals surface area contributed by atoms with Gasteiger partial charge in [0.15, 0.2) is 0 Å². The maximum absolute atomic E-state index is 11.1. The molecule has 0 spiro atoms. The van der Waals surface area contributed by atoms with E-state index < -0.39 is 6.04 Å². The van der Waals surface area contributed by atoms with E-state index in [-0.39, 0.29) is 5.91 Å². The summed E-state index contributed by atoms with van der Waals surface area (Å²) in [7, 11) is 0. The van der Waals surface area contributed by atoms with E-state index in [1.165, 1.54) is 0 Å². The van der Waals surface area contributed by atoms with Gasteiger partial charge >= 0.3 is 0 Å². The molecular weight excluding hydrogens is 178 g/mol. The maximum Gasteiger partial charge on any atom is 0.236 e. The number of aryl methyl sites for hydroxylation is 1. The van der Waals surface area contributed by atoms with Crippen LogP contribution in [0.1, 0.15) is 18.2 Å². The zero-order chi connectivity index (χ0) is 10.6. The third-order valence-corrected chi connectivity index (χ3v) is 1.85. The molecule has 0 radical (unpaired) electrons. The third-order valence-electron chi connectivity index (χ3n) is 1.85. The number of pyridine rings is 1. The summed E-state index contributed by atoms with van der Waals surface area (Å²) in [5, 5.41) is 2.71. The highest BCUT2D eigenvalue weighted by molar-refractivity contribution is 5.80. The fraction of sp³-hybridized carbons (Fsp3) is 0.400. The Morgan fingerprint density at radius 3 is 2.86 bits per heavy atom. The van der Waals surface area contributed by atoms with E-state index >= 15 is 0 Å². The minimum Gasteiger partial charge on any atom is -0.351 e. The molecule has 0 aromatic carbocycles. The van der Waals surface area contributed by atoms with Crippen LogP contribution in [0.3, 0.4) is 0 Å². The van der Waals surface area contributed by atoms with Crippen LogP contribution >= 0.6 is 0 Å². The first-order chi connectivity index (χ1) is 6.59. The van der Waals surface area contributed by atoms with Gasteiger partial charge in [0.2, 0.25) is 5.91 Å². The lowest BCUT2D eigenvalue weighted by molar-refractivity contribution is -0.122. The van der Waals surface area contributed by atoms with Crippen molar-refractivity contribution in [3.05, 3.63) is 29.6 Å². The van der Waals surface area contributed by atoms with Crippen LogP contribution in [-0.4, -0.2) is 16.9 Å². The maximum atomic E-state index is 11.1. The third kappa shape index (κ3) is 3.14. The van der Waals surface area contributed by atoms with E-state index in [0.29, 0.717) is 6.54 Å². The number of nitrogens with two attached hydrogens (primary N) is 1. The number of aromatic nitrogens is 1. The first-order valence-electron chi connectivity index (χ1n) is 4.54. The Hall–Kier alpha value is -1.42. The van der Waals surface area contributed by atoms with Crippen LogP contribution in [-0.2, 0) is 11.3 Å². The minimum atomic E-state index is -0.464. The molecule has 0 fully saturated rings. The monoisotopic (exact) mass is 193 g/mol. The summed E-state index contributed by atoms with van der Waals surface area (Å²) in [5.41, 5.74) is 7.34. The Bertz CT molecular complexity index is 306. The molecule has 1 rings (SSSR count). The number of carbonyl (C=O) groups is 1. The van der Waals surface area contributed by atoms with Gasteiger partial charge in [-0.2, -0.15) is 0 Å².